The topological polar surface area (TPSA) is 21.6 Å². The maximum atomic E-state index is 6.27. The van der Waals surface area contributed by atoms with E-state index < -0.39 is 0 Å². The van der Waals surface area contributed by atoms with Gasteiger partial charge in [-0.1, -0.05) is 75.6 Å². The summed E-state index contributed by atoms with van der Waals surface area (Å²) in [6.45, 7) is 2.99. The molecule has 2 heteroatoms. The molecule has 2 nitrogen and oxygen atoms in total. The monoisotopic (exact) mass is 353 g/mol. The molecule has 3 rings (SSSR count). The molecule has 2 saturated carbocycles. The van der Waals surface area contributed by atoms with Crippen LogP contribution in [0.25, 0.3) is 0 Å². The van der Waals surface area contributed by atoms with E-state index >= 15 is 0 Å². The molecule has 2 aliphatic rings. The Morgan fingerprint density at radius 2 is 1.54 bits per heavy atom. The molecule has 0 saturated heterocycles. The first-order valence-electron chi connectivity index (χ1n) is 10.7. The number of rotatable bonds is 6. The van der Waals surface area contributed by atoms with Gasteiger partial charge < -0.3 is 4.74 Å². The summed E-state index contributed by atoms with van der Waals surface area (Å²) in [7, 11) is 0. The Bertz CT molecular complexity index is 577. The summed E-state index contributed by atoms with van der Waals surface area (Å²) in [5.74, 6) is 2.39. The minimum Gasteiger partial charge on any atom is -0.477 e. The number of aliphatic imine (C=N–C) groups is 1. The van der Waals surface area contributed by atoms with E-state index in [0.29, 0.717) is 5.92 Å². The van der Waals surface area contributed by atoms with Crippen molar-refractivity contribution >= 4 is 11.6 Å². The third-order valence-corrected chi connectivity index (χ3v) is 5.99. The van der Waals surface area contributed by atoms with Gasteiger partial charge in [-0.15, -0.1) is 0 Å². The van der Waals surface area contributed by atoms with Gasteiger partial charge in [-0.05, 0) is 50.2 Å². The molecule has 0 N–H and O–H groups in total. The van der Waals surface area contributed by atoms with Crippen LogP contribution in [-0.4, -0.2) is 12.5 Å². The molecule has 0 aliphatic heterocycles. The van der Waals surface area contributed by atoms with E-state index in [9.17, 15) is 0 Å². The molecule has 0 amide bonds. The second-order valence-electron chi connectivity index (χ2n) is 8.19. The average Bonchev–Trinajstić information content (AvgIpc) is 2.71. The van der Waals surface area contributed by atoms with E-state index in [1.165, 1.54) is 76.2 Å². The van der Waals surface area contributed by atoms with E-state index in [-0.39, 0.29) is 0 Å². The molecule has 0 atom stereocenters. The molecule has 1 aromatic carbocycles. The molecule has 1 aromatic rings. The predicted molar refractivity (Wildman–Crippen MR) is 111 cm³/mol. The van der Waals surface area contributed by atoms with Crippen molar-refractivity contribution in [3.63, 3.8) is 0 Å². The molecular weight excluding hydrogens is 318 g/mol. The van der Waals surface area contributed by atoms with Crippen LogP contribution >= 0.6 is 0 Å². The summed E-state index contributed by atoms with van der Waals surface area (Å²) in [4.78, 5) is 4.83. The zero-order valence-electron chi connectivity index (χ0n) is 16.5. The Labute approximate surface area is 159 Å². The van der Waals surface area contributed by atoms with E-state index in [1.807, 2.05) is 18.2 Å². The lowest BCUT2D eigenvalue weighted by Crippen LogP contribution is -2.17. The molecule has 0 heterocycles. The summed E-state index contributed by atoms with van der Waals surface area (Å²) in [6, 6.07) is 10.2. The number of hydrogen-bond donors (Lipinski definition) is 0. The summed E-state index contributed by atoms with van der Waals surface area (Å²) in [5.41, 5.74) is 2.19. The van der Waals surface area contributed by atoms with Gasteiger partial charge in [0.25, 0.3) is 0 Å². The second kappa shape index (κ2) is 10.5. The van der Waals surface area contributed by atoms with Crippen LogP contribution < -0.4 is 0 Å². The van der Waals surface area contributed by atoms with Crippen LogP contribution in [0.4, 0.5) is 5.69 Å². The van der Waals surface area contributed by atoms with E-state index in [1.54, 1.807) is 0 Å². The molecule has 0 spiro atoms. The average molecular weight is 354 g/mol. The van der Waals surface area contributed by atoms with Crippen LogP contribution in [0.2, 0.25) is 0 Å². The molecule has 2 fully saturated rings. The highest BCUT2D eigenvalue weighted by Crippen LogP contribution is 2.28. The summed E-state index contributed by atoms with van der Waals surface area (Å²) in [5, 5.41) is 0. The molecular formula is C24H35NO. The van der Waals surface area contributed by atoms with Gasteiger partial charge >= 0.3 is 0 Å². The number of benzene rings is 1. The van der Waals surface area contributed by atoms with E-state index in [2.05, 4.69) is 25.1 Å². The van der Waals surface area contributed by atoms with Crippen molar-refractivity contribution in [2.24, 2.45) is 16.8 Å². The van der Waals surface area contributed by atoms with Crippen LogP contribution in [0.1, 0.15) is 77.6 Å². The molecule has 0 radical (unpaired) electrons. The highest BCUT2D eigenvalue weighted by atomic mass is 16.5. The molecule has 142 valence electrons. The Morgan fingerprint density at radius 3 is 2.19 bits per heavy atom. The highest BCUT2D eigenvalue weighted by Gasteiger charge is 2.16. The van der Waals surface area contributed by atoms with Crippen molar-refractivity contribution in [1.29, 1.82) is 0 Å². The fourth-order valence-corrected chi connectivity index (χ4v) is 4.26. The van der Waals surface area contributed by atoms with Crippen molar-refractivity contribution in [2.75, 3.05) is 6.61 Å². The number of para-hydroxylation sites is 1. The Morgan fingerprint density at radius 1 is 0.923 bits per heavy atom. The van der Waals surface area contributed by atoms with Gasteiger partial charge in [0.15, 0.2) is 0 Å². The molecule has 0 aromatic heterocycles. The summed E-state index contributed by atoms with van der Waals surface area (Å²) in [6.07, 6.45) is 17.3. The molecule has 26 heavy (non-hydrogen) atoms. The lowest BCUT2D eigenvalue weighted by molar-refractivity contribution is 0.199. The second-order valence-corrected chi connectivity index (χ2v) is 8.19. The van der Waals surface area contributed by atoms with E-state index in [0.717, 1.165) is 24.1 Å². The fourth-order valence-electron chi connectivity index (χ4n) is 4.26. The Kier molecular flexibility index (Phi) is 7.79. The van der Waals surface area contributed by atoms with Crippen LogP contribution in [0, 0.1) is 11.8 Å². The maximum Gasteiger partial charge on any atom is 0.216 e. The standard InChI is InChI=1S/C24H35NO/c1-20(17-18-21-11-5-2-6-12-21)24(25-23-15-9-4-10-16-23)26-19-22-13-7-3-8-14-22/h4,9-10,15-17,21-22H,2-3,5-8,11-14,18-19H2,1H3/b20-17+,25-24-. The molecule has 2 aliphatic carbocycles. The zero-order chi connectivity index (χ0) is 18.0. The SMILES string of the molecule is CC(=C\CC1CCCCC1)/C(=N/c1ccccc1)OCC1CCCCC1. The van der Waals surface area contributed by atoms with Gasteiger partial charge in [0.1, 0.15) is 0 Å². The zero-order valence-corrected chi connectivity index (χ0v) is 16.5. The van der Waals surface area contributed by atoms with Gasteiger partial charge in [0.2, 0.25) is 5.90 Å². The number of nitrogens with zero attached hydrogens (tertiary/aromatic N) is 1. The van der Waals surface area contributed by atoms with Crippen LogP contribution in [-0.2, 0) is 4.74 Å². The lowest BCUT2D eigenvalue weighted by Gasteiger charge is -2.23. The first-order valence-corrected chi connectivity index (χ1v) is 10.7. The van der Waals surface area contributed by atoms with Crippen LogP contribution in [0.5, 0.6) is 0 Å². The third kappa shape index (κ3) is 6.30. The van der Waals surface area contributed by atoms with E-state index in [4.69, 9.17) is 9.73 Å². The van der Waals surface area contributed by atoms with Crippen molar-refractivity contribution in [3.8, 4) is 0 Å². The van der Waals surface area contributed by atoms with Crippen molar-refractivity contribution in [1.82, 2.24) is 0 Å². The summed E-state index contributed by atoms with van der Waals surface area (Å²) < 4.78 is 6.27. The first kappa shape index (κ1) is 19.2. The quantitative estimate of drug-likeness (QED) is 0.390. The van der Waals surface area contributed by atoms with Crippen molar-refractivity contribution < 1.29 is 4.74 Å². The summed E-state index contributed by atoms with van der Waals surface area (Å²) >= 11 is 0. The predicted octanol–water partition coefficient (Wildman–Crippen LogP) is 7.23. The van der Waals surface area contributed by atoms with Gasteiger partial charge in [0.05, 0.1) is 12.3 Å². The van der Waals surface area contributed by atoms with Crippen LogP contribution in [0.3, 0.4) is 0 Å². The number of allylic oxidation sites excluding steroid dienone is 1. The van der Waals surface area contributed by atoms with Crippen LogP contribution in [0.15, 0.2) is 47.0 Å². The Hall–Kier alpha value is -1.57. The lowest BCUT2D eigenvalue weighted by atomic mass is 9.86. The maximum absolute atomic E-state index is 6.27. The Balaban J connectivity index is 1.65. The largest absolute Gasteiger partial charge is 0.477 e. The fraction of sp³-hybridized carbons (Fsp3) is 0.625. The molecule has 0 bridgehead atoms. The van der Waals surface area contributed by atoms with Gasteiger partial charge in [-0.2, -0.15) is 0 Å². The smallest absolute Gasteiger partial charge is 0.216 e. The minimum absolute atomic E-state index is 0.705. The highest BCUT2D eigenvalue weighted by molar-refractivity contribution is 5.94. The number of ether oxygens (including phenoxy) is 1. The van der Waals surface area contributed by atoms with Crippen molar-refractivity contribution in [3.05, 3.63) is 42.0 Å². The van der Waals surface area contributed by atoms with Crippen molar-refractivity contribution in [2.45, 2.75) is 77.6 Å². The van der Waals surface area contributed by atoms with Gasteiger partial charge in [-0.3, -0.25) is 0 Å². The number of hydrogen-bond acceptors (Lipinski definition) is 2. The molecule has 0 unspecified atom stereocenters. The van der Waals surface area contributed by atoms with Gasteiger partial charge in [-0.25, -0.2) is 4.99 Å². The third-order valence-electron chi connectivity index (χ3n) is 5.99. The minimum atomic E-state index is 0.705. The normalized spacial score (nSPS) is 21.0. The first-order chi connectivity index (χ1) is 12.8. The van der Waals surface area contributed by atoms with Gasteiger partial charge in [0, 0.05) is 5.57 Å².